The maximum Gasteiger partial charge on any atom is 0.181 e. The average molecular weight is 289 g/mol. The van der Waals surface area contributed by atoms with Crippen molar-refractivity contribution in [3.05, 3.63) is 42.5 Å². The van der Waals surface area contributed by atoms with Gasteiger partial charge in [0.25, 0.3) is 0 Å². The summed E-state index contributed by atoms with van der Waals surface area (Å²) in [5.41, 5.74) is 0. The Labute approximate surface area is 116 Å². The number of hydrogen-bond acceptors (Lipinski definition) is 5. The quantitative estimate of drug-likeness (QED) is 0.559. The van der Waals surface area contributed by atoms with Gasteiger partial charge in [0, 0.05) is 10.8 Å². The molecule has 1 unspecified atom stereocenters. The molecular formula is C14H9O5S-. The van der Waals surface area contributed by atoms with Crippen molar-refractivity contribution in [3.8, 4) is 17.2 Å². The van der Waals surface area contributed by atoms with Crippen LogP contribution in [0, 0.1) is 0 Å². The van der Waals surface area contributed by atoms with Gasteiger partial charge in [-0.25, -0.2) is 4.21 Å². The normalized spacial score (nSPS) is 12.7. The van der Waals surface area contributed by atoms with Gasteiger partial charge in [0.2, 0.25) is 0 Å². The van der Waals surface area contributed by atoms with E-state index in [2.05, 4.69) is 4.18 Å². The van der Waals surface area contributed by atoms with Gasteiger partial charge in [-0.15, -0.1) is 0 Å². The Morgan fingerprint density at radius 3 is 2.50 bits per heavy atom. The largest absolute Gasteiger partial charge is 0.740 e. The van der Waals surface area contributed by atoms with Crippen LogP contribution in [0.25, 0.3) is 21.5 Å². The molecule has 0 aliphatic rings. The molecular weight excluding hydrogens is 280 g/mol. The third-order valence-electron chi connectivity index (χ3n) is 3.09. The first-order valence-corrected chi connectivity index (χ1v) is 6.71. The maximum absolute atomic E-state index is 10.6. The molecule has 0 radical (unpaired) electrons. The summed E-state index contributed by atoms with van der Waals surface area (Å²) < 4.78 is 25.6. The molecule has 0 amide bonds. The van der Waals surface area contributed by atoms with E-state index in [9.17, 15) is 19.0 Å². The van der Waals surface area contributed by atoms with Crippen LogP contribution in [0.2, 0.25) is 0 Å². The lowest BCUT2D eigenvalue weighted by atomic mass is 10.0. The van der Waals surface area contributed by atoms with E-state index in [1.807, 2.05) is 6.07 Å². The highest BCUT2D eigenvalue weighted by molar-refractivity contribution is 7.74. The molecule has 5 nitrogen and oxygen atoms in total. The SMILES string of the molecule is O=S([O-])Oc1ccc2cc3cccc(O)c3cc2c1O. The van der Waals surface area contributed by atoms with Crippen LogP contribution in [0.3, 0.4) is 0 Å². The van der Waals surface area contributed by atoms with Gasteiger partial charge in [0.05, 0.1) is 0 Å². The van der Waals surface area contributed by atoms with Crippen molar-refractivity contribution in [1.82, 2.24) is 0 Å². The van der Waals surface area contributed by atoms with E-state index >= 15 is 0 Å². The first-order chi connectivity index (χ1) is 9.56. The fourth-order valence-electron chi connectivity index (χ4n) is 2.19. The molecule has 0 saturated carbocycles. The Hall–Kier alpha value is -2.31. The predicted molar refractivity (Wildman–Crippen MR) is 74.3 cm³/mol. The van der Waals surface area contributed by atoms with Gasteiger partial charge in [-0.1, -0.05) is 18.2 Å². The Kier molecular flexibility index (Phi) is 2.96. The summed E-state index contributed by atoms with van der Waals surface area (Å²) >= 11 is -2.76. The van der Waals surface area contributed by atoms with E-state index in [4.69, 9.17) is 0 Å². The fourth-order valence-corrected chi connectivity index (χ4v) is 2.47. The molecule has 0 aliphatic heterocycles. The zero-order chi connectivity index (χ0) is 14.3. The second-order valence-electron chi connectivity index (χ2n) is 4.27. The van der Waals surface area contributed by atoms with E-state index in [-0.39, 0.29) is 17.2 Å². The predicted octanol–water partition coefficient (Wildman–Crippen LogP) is 2.58. The minimum Gasteiger partial charge on any atom is -0.740 e. The van der Waals surface area contributed by atoms with Gasteiger partial charge in [-0.05, 0) is 35.0 Å². The van der Waals surface area contributed by atoms with Crippen LogP contribution in [0.5, 0.6) is 17.2 Å². The molecule has 0 spiro atoms. The smallest absolute Gasteiger partial charge is 0.181 e. The van der Waals surface area contributed by atoms with Crippen LogP contribution in [0.15, 0.2) is 42.5 Å². The molecule has 0 saturated heterocycles. The molecule has 3 aromatic carbocycles. The number of benzene rings is 3. The maximum atomic E-state index is 10.6. The highest BCUT2D eigenvalue weighted by atomic mass is 32.2. The molecule has 20 heavy (non-hydrogen) atoms. The number of fused-ring (bicyclic) bond motifs is 2. The van der Waals surface area contributed by atoms with Gasteiger partial charge < -0.3 is 18.9 Å². The van der Waals surface area contributed by atoms with Crippen LogP contribution < -0.4 is 4.18 Å². The highest BCUT2D eigenvalue weighted by Crippen LogP contribution is 2.38. The van der Waals surface area contributed by atoms with Gasteiger partial charge in [-0.3, -0.25) is 0 Å². The lowest BCUT2D eigenvalue weighted by Crippen LogP contribution is -1.98. The lowest BCUT2D eigenvalue weighted by molar-refractivity contribution is 0.412. The van der Waals surface area contributed by atoms with Crippen molar-refractivity contribution >= 4 is 32.9 Å². The van der Waals surface area contributed by atoms with E-state index in [0.29, 0.717) is 16.2 Å². The Morgan fingerprint density at radius 1 is 1.00 bits per heavy atom. The van der Waals surface area contributed by atoms with Crippen LogP contribution in [0.4, 0.5) is 0 Å². The number of phenols is 2. The molecule has 0 bridgehead atoms. The van der Waals surface area contributed by atoms with Crippen LogP contribution >= 0.6 is 0 Å². The summed E-state index contributed by atoms with van der Waals surface area (Å²) in [7, 11) is 0. The molecule has 1 atom stereocenters. The molecule has 2 N–H and O–H groups in total. The Balaban J connectivity index is 2.33. The van der Waals surface area contributed by atoms with Gasteiger partial charge in [-0.2, -0.15) is 0 Å². The Bertz CT molecular complexity index is 844. The standard InChI is InChI=1S/C14H10O5S/c15-12-3-1-2-8-6-9-4-5-13(19-20(17)18)14(16)11(9)7-10(8)12/h1-7,15-16H,(H,17,18)/p-1. The number of hydrogen-bond donors (Lipinski definition) is 2. The molecule has 0 fully saturated rings. The van der Waals surface area contributed by atoms with E-state index in [1.54, 1.807) is 24.3 Å². The highest BCUT2D eigenvalue weighted by Gasteiger charge is 2.10. The number of rotatable bonds is 2. The minimum atomic E-state index is -2.76. The summed E-state index contributed by atoms with van der Waals surface area (Å²) in [5.74, 6) is -0.347. The molecule has 102 valence electrons. The first kappa shape index (κ1) is 12.7. The zero-order valence-corrected chi connectivity index (χ0v) is 10.9. The molecule has 0 aromatic heterocycles. The van der Waals surface area contributed by atoms with Crippen molar-refractivity contribution in [2.45, 2.75) is 0 Å². The second-order valence-corrected chi connectivity index (χ2v) is 4.85. The van der Waals surface area contributed by atoms with Crippen LogP contribution in [0.1, 0.15) is 0 Å². The van der Waals surface area contributed by atoms with Gasteiger partial charge >= 0.3 is 0 Å². The number of aromatic hydroxyl groups is 2. The third kappa shape index (κ3) is 2.04. The Morgan fingerprint density at radius 2 is 1.75 bits per heavy atom. The molecule has 0 heterocycles. The zero-order valence-electron chi connectivity index (χ0n) is 10.1. The summed E-state index contributed by atoms with van der Waals surface area (Å²) in [6.45, 7) is 0. The van der Waals surface area contributed by atoms with E-state index in [0.717, 1.165) is 5.39 Å². The fraction of sp³-hybridized carbons (Fsp3) is 0. The number of phenolic OH excluding ortho intramolecular Hbond substituents is 2. The van der Waals surface area contributed by atoms with E-state index in [1.165, 1.54) is 12.1 Å². The second kappa shape index (κ2) is 4.66. The van der Waals surface area contributed by atoms with Crippen molar-refractivity contribution < 1.29 is 23.2 Å². The van der Waals surface area contributed by atoms with Gasteiger partial charge in [0.15, 0.2) is 11.5 Å². The van der Waals surface area contributed by atoms with Crippen molar-refractivity contribution in [2.24, 2.45) is 0 Å². The van der Waals surface area contributed by atoms with Crippen molar-refractivity contribution in [1.29, 1.82) is 0 Å². The monoisotopic (exact) mass is 289 g/mol. The molecule has 0 aliphatic carbocycles. The lowest BCUT2D eigenvalue weighted by Gasteiger charge is -2.11. The van der Waals surface area contributed by atoms with E-state index < -0.39 is 11.4 Å². The minimum absolute atomic E-state index is 0.0857. The van der Waals surface area contributed by atoms with Crippen molar-refractivity contribution in [3.63, 3.8) is 0 Å². The molecule has 6 heteroatoms. The summed E-state index contributed by atoms with van der Waals surface area (Å²) in [4.78, 5) is 0. The third-order valence-corrected chi connectivity index (χ3v) is 3.40. The van der Waals surface area contributed by atoms with Gasteiger partial charge in [0.1, 0.15) is 17.1 Å². The molecule has 3 aromatic rings. The first-order valence-electron chi connectivity index (χ1n) is 5.71. The topological polar surface area (TPSA) is 89.8 Å². The van der Waals surface area contributed by atoms with Crippen LogP contribution in [-0.4, -0.2) is 19.0 Å². The average Bonchev–Trinajstić information content (AvgIpc) is 2.41. The summed E-state index contributed by atoms with van der Waals surface area (Å²) in [6, 6.07) is 11.5. The molecule has 3 rings (SSSR count). The van der Waals surface area contributed by atoms with Crippen LogP contribution in [-0.2, 0) is 11.4 Å². The summed E-state index contributed by atoms with van der Waals surface area (Å²) in [6.07, 6.45) is 0. The summed E-state index contributed by atoms with van der Waals surface area (Å²) in [5, 5.41) is 22.4. The van der Waals surface area contributed by atoms with Crippen molar-refractivity contribution in [2.75, 3.05) is 0 Å².